The maximum Gasteiger partial charge on any atom is 0.342 e. The van der Waals surface area contributed by atoms with Crippen LogP contribution in [0.25, 0.3) is 0 Å². The molecule has 2 aromatic rings. The molecule has 0 saturated carbocycles. The average molecular weight is 429 g/mol. The third kappa shape index (κ3) is 6.79. The zero-order chi connectivity index (χ0) is 22.8. The Labute approximate surface area is 184 Å². The molecule has 1 heterocycles. The highest BCUT2D eigenvalue weighted by atomic mass is 16.5. The summed E-state index contributed by atoms with van der Waals surface area (Å²) in [5, 5.41) is 0. The van der Waals surface area contributed by atoms with Crippen molar-refractivity contribution in [3.63, 3.8) is 0 Å². The highest BCUT2D eigenvalue weighted by Crippen LogP contribution is 2.31. The van der Waals surface area contributed by atoms with Gasteiger partial charge in [0.25, 0.3) is 0 Å². The molecule has 0 bridgehead atoms. The van der Waals surface area contributed by atoms with Crippen LogP contribution in [0.4, 0.5) is 0 Å². The molecule has 0 amide bonds. The number of carbonyl (C=O) groups is 2. The second-order valence-corrected chi connectivity index (χ2v) is 7.33. The SMILES string of the molecule is CCOC(=O)c1c(Cc2ccccc2)nc(C)c(OCCCN(C)C)c1C(=O)OCC. The monoisotopic (exact) mass is 428 g/mol. The Kier molecular flexibility index (Phi) is 9.46. The van der Waals surface area contributed by atoms with E-state index in [0.29, 0.717) is 24.4 Å². The summed E-state index contributed by atoms with van der Waals surface area (Å²) in [6, 6.07) is 9.65. The maximum atomic E-state index is 12.9. The zero-order valence-corrected chi connectivity index (χ0v) is 19.1. The summed E-state index contributed by atoms with van der Waals surface area (Å²) in [7, 11) is 3.96. The van der Waals surface area contributed by atoms with Crippen molar-refractivity contribution in [3.8, 4) is 5.75 Å². The molecule has 0 unspecified atom stereocenters. The summed E-state index contributed by atoms with van der Waals surface area (Å²) in [6.45, 7) is 6.78. The van der Waals surface area contributed by atoms with Gasteiger partial charge in [0.05, 0.1) is 36.8 Å². The number of aryl methyl sites for hydroxylation is 1. The van der Waals surface area contributed by atoms with Crippen LogP contribution in [0.15, 0.2) is 30.3 Å². The van der Waals surface area contributed by atoms with Crippen LogP contribution in [-0.2, 0) is 15.9 Å². The largest absolute Gasteiger partial charge is 0.491 e. The first-order valence-corrected chi connectivity index (χ1v) is 10.6. The topological polar surface area (TPSA) is 78.0 Å². The van der Waals surface area contributed by atoms with Crippen molar-refractivity contribution in [2.75, 3.05) is 40.5 Å². The number of hydrogen-bond acceptors (Lipinski definition) is 7. The van der Waals surface area contributed by atoms with Crippen molar-refractivity contribution in [1.82, 2.24) is 9.88 Å². The molecule has 0 aliphatic rings. The quantitative estimate of drug-likeness (QED) is 0.399. The van der Waals surface area contributed by atoms with Gasteiger partial charge in [0.1, 0.15) is 5.56 Å². The molecule has 0 N–H and O–H groups in total. The Morgan fingerprint density at radius 3 is 2.16 bits per heavy atom. The predicted molar refractivity (Wildman–Crippen MR) is 119 cm³/mol. The number of pyridine rings is 1. The summed E-state index contributed by atoms with van der Waals surface area (Å²) >= 11 is 0. The van der Waals surface area contributed by atoms with E-state index in [-0.39, 0.29) is 30.1 Å². The predicted octanol–water partition coefficient (Wildman–Crippen LogP) is 3.66. The molecule has 0 aliphatic heterocycles. The van der Waals surface area contributed by atoms with Crippen LogP contribution in [-0.4, -0.2) is 62.3 Å². The molecule has 0 atom stereocenters. The minimum Gasteiger partial charge on any atom is -0.491 e. The Bertz CT molecular complexity index is 881. The van der Waals surface area contributed by atoms with E-state index in [4.69, 9.17) is 14.2 Å². The van der Waals surface area contributed by atoms with Crippen LogP contribution in [0.2, 0.25) is 0 Å². The lowest BCUT2D eigenvalue weighted by molar-refractivity contribution is 0.0472. The number of hydrogen-bond donors (Lipinski definition) is 0. The lowest BCUT2D eigenvalue weighted by Gasteiger charge is -2.19. The molecule has 31 heavy (non-hydrogen) atoms. The van der Waals surface area contributed by atoms with E-state index < -0.39 is 11.9 Å². The molecule has 1 aromatic carbocycles. The van der Waals surface area contributed by atoms with Crippen LogP contribution in [0.5, 0.6) is 5.75 Å². The molecule has 0 radical (unpaired) electrons. The molecule has 7 nitrogen and oxygen atoms in total. The first-order valence-electron chi connectivity index (χ1n) is 10.6. The highest BCUT2D eigenvalue weighted by molar-refractivity contribution is 6.06. The van der Waals surface area contributed by atoms with Crippen LogP contribution in [0, 0.1) is 6.92 Å². The van der Waals surface area contributed by atoms with E-state index in [2.05, 4.69) is 4.98 Å². The van der Waals surface area contributed by atoms with Crippen LogP contribution in [0.3, 0.4) is 0 Å². The normalized spacial score (nSPS) is 10.8. The fraction of sp³-hybridized carbons (Fsp3) is 0.458. The van der Waals surface area contributed by atoms with Gasteiger partial charge in [-0.25, -0.2) is 9.59 Å². The second-order valence-electron chi connectivity index (χ2n) is 7.33. The molecule has 1 aromatic heterocycles. The number of carbonyl (C=O) groups excluding carboxylic acids is 2. The highest BCUT2D eigenvalue weighted by Gasteiger charge is 2.30. The standard InChI is InChI=1S/C24H32N2O5/c1-6-29-23(27)20-19(16-18-12-9-8-10-13-18)25-17(3)22(21(20)24(28)30-7-2)31-15-11-14-26(4)5/h8-10,12-13H,6-7,11,14-16H2,1-5H3. The molecule has 0 fully saturated rings. The number of nitrogens with zero attached hydrogens (tertiary/aromatic N) is 2. The van der Waals surface area contributed by atoms with E-state index in [1.165, 1.54) is 0 Å². The van der Waals surface area contributed by atoms with Crippen molar-refractivity contribution in [2.24, 2.45) is 0 Å². The van der Waals surface area contributed by atoms with Crippen LogP contribution < -0.4 is 4.74 Å². The number of rotatable bonds is 11. The molecular weight excluding hydrogens is 396 g/mol. The van der Waals surface area contributed by atoms with Crippen molar-refractivity contribution in [3.05, 3.63) is 58.4 Å². The maximum absolute atomic E-state index is 12.9. The second kappa shape index (κ2) is 12.1. The van der Waals surface area contributed by atoms with E-state index >= 15 is 0 Å². The molecule has 0 saturated heterocycles. The Balaban J connectivity index is 2.57. The molecule has 0 aliphatic carbocycles. The van der Waals surface area contributed by atoms with Crippen LogP contribution in [0.1, 0.15) is 57.9 Å². The van der Waals surface area contributed by atoms with Crippen LogP contribution >= 0.6 is 0 Å². The van der Waals surface area contributed by atoms with E-state index in [9.17, 15) is 9.59 Å². The number of benzene rings is 1. The van der Waals surface area contributed by atoms with Gasteiger partial charge in [0.15, 0.2) is 5.75 Å². The fourth-order valence-electron chi connectivity index (χ4n) is 3.22. The van der Waals surface area contributed by atoms with Gasteiger partial charge < -0.3 is 19.1 Å². The zero-order valence-electron chi connectivity index (χ0n) is 19.1. The third-order valence-electron chi connectivity index (χ3n) is 4.57. The Morgan fingerprint density at radius 1 is 0.968 bits per heavy atom. The van der Waals surface area contributed by atoms with Gasteiger partial charge in [-0.1, -0.05) is 30.3 Å². The average Bonchev–Trinajstić information content (AvgIpc) is 2.72. The van der Waals surface area contributed by atoms with Crippen molar-refractivity contribution < 1.29 is 23.8 Å². The van der Waals surface area contributed by atoms with Crippen molar-refractivity contribution in [1.29, 1.82) is 0 Å². The summed E-state index contributed by atoms with van der Waals surface area (Å²) in [6.07, 6.45) is 1.14. The van der Waals surface area contributed by atoms with Gasteiger partial charge in [-0.3, -0.25) is 4.98 Å². The number of aromatic nitrogens is 1. The molecular formula is C24H32N2O5. The Morgan fingerprint density at radius 2 is 1.58 bits per heavy atom. The summed E-state index contributed by atoms with van der Waals surface area (Å²) < 4.78 is 16.5. The fourth-order valence-corrected chi connectivity index (χ4v) is 3.22. The van der Waals surface area contributed by atoms with Gasteiger partial charge in [0.2, 0.25) is 0 Å². The summed E-state index contributed by atoms with van der Waals surface area (Å²) in [5.41, 5.74) is 2.16. The van der Waals surface area contributed by atoms with Crippen molar-refractivity contribution in [2.45, 2.75) is 33.6 Å². The minimum atomic E-state index is -0.618. The first kappa shape index (κ1) is 24.3. The van der Waals surface area contributed by atoms with Gasteiger partial charge in [-0.05, 0) is 46.9 Å². The third-order valence-corrected chi connectivity index (χ3v) is 4.57. The molecule has 0 spiro atoms. The lowest BCUT2D eigenvalue weighted by atomic mass is 9.98. The molecule has 168 valence electrons. The minimum absolute atomic E-state index is 0.0867. The smallest absolute Gasteiger partial charge is 0.342 e. The van der Waals surface area contributed by atoms with E-state index in [1.54, 1.807) is 20.8 Å². The number of esters is 2. The van der Waals surface area contributed by atoms with Gasteiger partial charge >= 0.3 is 11.9 Å². The first-order chi connectivity index (χ1) is 14.9. The summed E-state index contributed by atoms with van der Waals surface area (Å²) in [5.74, 6) is -0.952. The van der Waals surface area contributed by atoms with E-state index in [1.807, 2.05) is 49.3 Å². The molecule has 7 heteroatoms. The van der Waals surface area contributed by atoms with Gasteiger partial charge in [0, 0.05) is 13.0 Å². The molecule has 2 rings (SSSR count). The van der Waals surface area contributed by atoms with Crippen molar-refractivity contribution >= 4 is 11.9 Å². The van der Waals surface area contributed by atoms with Gasteiger partial charge in [-0.2, -0.15) is 0 Å². The number of ether oxygens (including phenoxy) is 3. The Hall–Kier alpha value is -2.93. The van der Waals surface area contributed by atoms with E-state index in [0.717, 1.165) is 18.5 Å². The summed E-state index contributed by atoms with van der Waals surface area (Å²) in [4.78, 5) is 32.6. The lowest BCUT2D eigenvalue weighted by Crippen LogP contribution is -2.22. The van der Waals surface area contributed by atoms with Gasteiger partial charge in [-0.15, -0.1) is 0 Å².